The molecule has 6 nitrogen and oxygen atoms in total. The number of carbonyl (C=O) groups is 1. The molecule has 0 unspecified atom stereocenters. The summed E-state index contributed by atoms with van der Waals surface area (Å²) in [7, 11) is 0. The molecule has 0 saturated heterocycles. The number of fused-ring (bicyclic) bond motifs is 1. The normalized spacial score (nSPS) is 11.0. The molecule has 0 aliphatic heterocycles. The van der Waals surface area contributed by atoms with Crippen LogP contribution >= 0.6 is 22.7 Å². The summed E-state index contributed by atoms with van der Waals surface area (Å²) in [6.45, 7) is 1.92. The van der Waals surface area contributed by atoms with Gasteiger partial charge in [0.25, 0.3) is 5.91 Å². The van der Waals surface area contributed by atoms with Gasteiger partial charge in [-0.05, 0) is 29.8 Å². The summed E-state index contributed by atoms with van der Waals surface area (Å²) in [5.74, 6) is -0.176. The molecule has 4 rings (SSSR count). The summed E-state index contributed by atoms with van der Waals surface area (Å²) < 4.78 is 0.973. The van der Waals surface area contributed by atoms with Gasteiger partial charge in [0.05, 0.1) is 17.3 Å². The number of carbonyl (C=O) groups excluding carboxylic acids is 1. The van der Waals surface area contributed by atoms with E-state index in [2.05, 4.69) is 25.7 Å². The van der Waals surface area contributed by atoms with E-state index in [9.17, 15) is 4.79 Å². The number of rotatable bonds is 3. The molecule has 4 aromatic rings. The minimum atomic E-state index is -0.176. The van der Waals surface area contributed by atoms with E-state index in [1.165, 1.54) is 11.3 Å². The Morgan fingerprint density at radius 1 is 1.26 bits per heavy atom. The van der Waals surface area contributed by atoms with Gasteiger partial charge in [-0.25, -0.2) is 0 Å². The molecule has 0 radical (unpaired) electrons. The molecule has 0 spiro atoms. The minimum absolute atomic E-state index is 0.176. The van der Waals surface area contributed by atoms with Crippen molar-refractivity contribution in [1.29, 1.82) is 0 Å². The van der Waals surface area contributed by atoms with Gasteiger partial charge in [0.15, 0.2) is 5.01 Å². The molecule has 3 heterocycles. The Kier molecular flexibility index (Phi) is 3.40. The summed E-state index contributed by atoms with van der Waals surface area (Å²) >= 11 is 2.88. The standard InChI is InChI=1S/C15H11N5OS2/c1-8-11(7-16-18-8)14-19-20-15(23-14)17-13(21)10-4-2-3-9-5-6-22-12(9)10/h2-7H,1H3,(H,16,18)(H,17,20,21). The molecule has 0 fully saturated rings. The Morgan fingerprint density at radius 2 is 2.17 bits per heavy atom. The van der Waals surface area contributed by atoms with Crippen LogP contribution < -0.4 is 5.32 Å². The number of H-pyrrole nitrogens is 1. The molecular formula is C15H11N5OS2. The number of anilines is 1. The van der Waals surface area contributed by atoms with Crippen LogP contribution in [0, 0.1) is 6.92 Å². The molecule has 3 aromatic heterocycles. The van der Waals surface area contributed by atoms with E-state index in [0.29, 0.717) is 10.7 Å². The van der Waals surface area contributed by atoms with E-state index >= 15 is 0 Å². The predicted molar refractivity (Wildman–Crippen MR) is 92.0 cm³/mol. The highest BCUT2D eigenvalue weighted by molar-refractivity contribution is 7.19. The van der Waals surface area contributed by atoms with Crippen molar-refractivity contribution in [2.24, 2.45) is 0 Å². The van der Waals surface area contributed by atoms with Crippen LogP contribution in [0.15, 0.2) is 35.8 Å². The van der Waals surface area contributed by atoms with Gasteiger partial charge in [-0.15, -0.1) is 21.5 Å². The molecule has 0 aliphatic carbocycles. The molecule has 114 valence electrons. The zero-order chi connectivity index (χ0) is 15.8. The SMILES string of the molecule is Cc1[nH]ncc1-c1nnc(NC(=O)c2cccc3ccsc23)s1. The third-order valence-electron chi connectivity index (χ3n) is 3.43. The molecule has 0 bridgehead atoms. The molecule has 0 saturated carbocycles. The van der Waals surface area contributed by atoms with Crippen LogP contribution in [-0.4, -0.2) is 26.3 Å². The number of hydrogen-bond donors (Lipinski definition) is 2. The number of nitrogens with one attached hydrogen (secondary N) is 2. The molecule has 23 heavy (non-hydrogen) atoms. The molecule has 8 heteroatoms. The number of thiophene rings is 1. The minimum Gasteiger partial charge on any atom is -0.296 e. The maximum absolute atomic E-state index is 12.5. The number of amides is 1. The predicted octanol–water partition coefficient (Wildman–Crippen LogP) is 3.70. The van der Waals surface area contributed by atoms with Crippen LogP contribution in [-0.2, 0) is 0 Å². The molecule has 1 amide bonds. The Bertz CT molecular complexity index is 1000. The lowest BCUT2D eigenvalue weighted by molar-refractivity contribution is 0.102. The van der Waals surface area contributed by atoms with Gasteiger partial charge in [0, 0.05) is 10.4 Å². The van der Waals surface area contributed by atoms with Crippen molar-refractivity contribution in [3.63, 3.8) is 0 Å². The smallest absolute Gasteiger partial charge is 0.258 e. The maximum atomic E-state index is 12.5. The maximum Gasteiger partial charge on any atom is 0.258 e. The highest BCUT2D eigenvalue weighted by Crippen LogP contribution is 2.29. The summed E-state index contributed by atoms with van der Waals surface area (Å²) in [6.07, 6.45) is 1.70. The van der Waals surface area contributed by atoms with Gasteiger partial charge in [0.2, 0.25) is 5.13 Å². The van der Waals surface area contributed by atoms with Gasteiger partial charge in [0.1, 0.15) is 0 Å². The number of benzene rings is 1. The monoisotopic (exact) mass is 341 g/mol. The third-order valence-corrected chi connectivity index (χ3v) is 5.26. The number of nitrogens with zero attached hydrogens (tertiary/aromatic N) is 3. The third kappa shape index (κ3) is 2.51. The second-order valence-corrected chi connectivity index (χ2v) is 6.81. The van der Waals surface area contributed by atoms with Crippen molar-refractivity contribution >= 4 is 43.8 Å². The molecule has 0 aliphatic rings. The van der Waals surface area contributed by atoms with E-state index in [4.69, 9.17) is 0 Å². The van der Waals surface area contributed by atoms with Crippen LogP contribution in [0.4, 0.5) is 5.13 Å². The van der Waals surface area contributed by atoms with Crippen molar-refractivity contribution in [1.82, 2.24) is 20.4 Å². The lowest BCUT2D eigenvalue weighted by atomic mass is 10.1. The van der Waals surface area contributed by atoms with Gasteiger partial charge in [-0.2, -0.15) is 5.10 Å². The number of aromatic nitrogens is 4. The van der Waals surface area contributed by atoms with Crippen molar-refractivity contribution in [3.8, 4) is 10.6 Å². The Hall–Kier alpha value is -2.58. The first-order chi connectivity index (χ1) is 11.2. The molecule has 2 N–H and O–H groups in total. The van der Waals surface area contributed by atoms with E-state index in [1.807, 2.05) is 36.6 Å². The number of hydrogen-bond acceptors (Lipinski definition) is 6. The van der Waals surface area contributed by atoms with Gasteiger partial charge >= 0.3 is 0 Å². The van der Waals surface area contributed by atoms with Crippen molar-refractivity contribution in [2.75, 3.05) is 5.32 Å². The largest absolute Gasteiger partial charge is 0.296 e. The van der Waals surface area contributed by atoms with Crippen molar-refractivity contribution in [2.45, 2.75) is 6.92 Å². The van der Waals surface area contributed by atoms with Crippen LogP contribution in [0.3, 0.4) is 0 Å². The fourth-order valence-corrected chi connectivity index (χ4v) is 4.00. The van der Waals surface area contributed by atoms with E-state index in [-0.39, 0.29) is 5.91 Å². The zero-order valence-electron chi connectivity index (χ0n) is 12.0. The summed E-state index contributed by atoms with van der Waals surface area (Å²) in [4.78, 5) is 12.5. The van der Waals surface area contributed by atoms with E-state index in [1.54, 1.807) is 17.5 Å². The van der Waals surface area contributed by atoms with Crippen LogP contribution in [0.5, 0.6) is 0 Å². The Morgan fingerprint density at radius 3 is 3.00 bits per heavy atom. The molecule has 1 aromatic carbocycles. The second-order valence-electron chi connectivity index (χ2n) is 4.92. The van der Waals surface area contributed by atoms with Crippen LogP contribution in [0.2, 0.25) is 0 Å². The summed E-state index contributed by atoms with van der Waals surface area (Å²) in [6, 6.07) is 7.69. The van der Waals surface area contributed by atoms with Gasteiger partial charge in [-0.3, -0.25) is 15.2 Å². The Balaban J connectivity index is 1.61. The quantitative estimate of drug-likeness (QED) is 0.595. The first-order valence-electron chi connectivity index (χ1n) is 6.84. The average Bonchev–Trinajstić information content (AvgIpc) is 3.26. The van der Waals surface area contributed by atoms with Gasteiger partial charge in [-0.1, -0.05) is 23.5 Å². The zero-order valence-corrected chi connectivity index (χ0v) is 13.7. The van der Waals surface area contributed by atoms with Crippen LogP contribution in [0.25, 0.3) is 20.7 Å². The topological polar surface area (TPSA) is 83.6 Å². The number of aryl methyl sites for hydroxylation is 1. The molecular weight excluding hydrogens is 330 g/mol. The highest BCUT2D eigenvalue weighted by atomic mass is 32.1. The first-order valence-corrected chi connectivity index (χ1v) is 8.53. The van der Waals surface area contributed by atoms with E-state index in [0.717, 1.165) is 26.4 Å². The number of aromatic amines is 1. The first kappa shape index (κ1) is 14.0. The van der Waals surface area contributed by atoms with E-state index < -0.39 is 0 Å². The summed E-state index contributed by atoms with van der Waals surface area (Å²) in [5, 5.41) is 22.1. The summed E-state index contributed by atoms with van der Waals surface area (Å²) in [5.41, 5.74) is 2.46. The fraction of sp³-hybridized carbons (Fsp3) is 0.0667. The van der Waals surface area contributed by atoms with Crippen molar-refractivity contribution < 1.29 is 4.79 Å². The lowest BCUT2D eigenvalue weighted by Crippen LogP contribution is -2.11. The second kappa shape index (κ2) is 5.56. The van der Waals surface area contributed by atoms with Crippen LogP contribution in [0.1, 0.15) is 16.1 Å². The fourth-order valence-electron chi connectivity index (χ4n) is 2.29. The van der Waals surface area contributed by atoms with Crippen molar-refractivity contribution in [3.05, 3.63) is 47.1 Å². The highest BCUT2D eigenvalue weighted by Gasteiger charge is 2.15. The average molecular weight is 341 g/mol. The van der Waals surface area contributed by atoms with Gasteiger partial charge < -0.3 is 0 Å². The Labute approximate surface area is 139 Å². The molecule has 0 atom stereocenters. The lowest BCUT2D eigenvalue weighted by Gasteiger charge is -2.02.